The highest BCUT2D eigenvalue weighted by molar-refractivity contribution is 5.74. The lowest BCUT2D eigenvalue weighted by Crippen LogP contribution is -2.38. The van der Waals surface area contributed by atoms with Gasteiger partial charge >= 0.3 is 5.97 Å². The van der Waals surface area contributed by atoms with Crippen LogP contribution in [0.3, 0.4) is 0 Å². The maximum absolute atomic E-state index is 11.8. The van der Waals surface area contributed by atoms with Crippen LogP contribution in [-0.2, 0) is 9.53 Å². The van der Waals surface area contributed by atoms with Gasteiger partial charge in [-0.1, -0.05) is 27.2 Å². The lowest BCUT2D eigenvalue weighted by atomic mass is 9.69. The monoisotopic (exact) mass is 213 g/mol. The zero-order chi connectivity index (χ0) is 11.5. The van der Waals surface area contributed by atoms with E-state index >= 15 is 0 Å². The standard InChI is InChI=1S/C12H23NO2/c1-5-9(3)12(4)8-13-7-10(12)11(14)15-6-2/h9-10,13H,5-8H2,1-4H3. The minimum absolute atomic E-state index is 0.0207. The van der Waals surface area contributed by atoms with Crippen molar-refractivity contribution in [2.45, 2.75) is 34.1 Å². The molecule has 0 bridgehead atoms. The van der Waals surface area contributed by atoms with Crippen LogP contribution in [0.15, 0.2) is 0 Å². The summed E-state index contributed by atoms with van der Waals surface area (Å²) < 4.78 is 5.14. The molecule has 1 heterocycles. The Morgan fingerprint density at radius 2 is 2.27 bits per heavy atom. The smallest absolute Gasteiger partial charge is 0.310 e. The van der Waals surface area contributed by atoms with Gasteiger partial charge in [0.15, 0.2) is 0 Å². The van der Waals surface area contributed by atoms with Crippen molar-refractivity contribution in [3.05, 3.63) is 0 Å². The van der Waals surface area contributed by atoms with Crippen molar-refractivity contribution in [3.8, 4) is 0 Å². The fourth-order valence-electron chi connectivity index (χ4n) is 2.42. The number of hydrogen-bond donors (Lipinski definition) is 1. The molecule has 0 aromatic heterocycles. The van der Waals surface area contributed by atoms with E-state index in [0.717, 1.165) is 19.5 Å². The van der Waals surface area contributed by atoms with Crippen LogP contribution in [0, 0.1) is 17.3 Å². The van der Waals surface area contributed by atoms with Gasteiger partial charge in [0, 0.05) is 13.1 Å². The third kappa shape index (κ3) is 2.33. The van der Waals surface area contributed by atoms with Crippen molar-refractivity contribution in [1.29, 1.82) is 0 Å². The van der Waals surface area contributed by atoms with Gasteiger partial charge in [0.2, 0.25) is 0 Å². The average Bonchev–Trinajstić information content (AvgIpc) is 2.61. The molecule has 0 aromatic carbocycles. The van der Waals surface area contributed by atoms with E-state index in [2.05, 4.69) is 26.1 Å². The van der Waals surface area contributed by atoms with Crippen LogP contribution >= 0.6 is 0 Å². The average molecular weight is 213 g/mol. The van der Waals surface area contributed by atoms with Gasteiger partial charge in [0.05, 0.1) is 12.5 Å². The second kappa shape index (κ2) is 4.97. The number of hydrogen-bond acceptors (Lipinski definition) is 3. The first kappa shape index (κ1) is 12.5. The summed E-state index contributed by atoms with van der Waals surface area (Å²) in [5, 5.41) is 3.32. The van der Waals surface area contributed by atoms with Gasteiger partial charge in [-0.2, -0.15) is 0 Å². The molecular weight excluding hydrogens is 190 g/mol. The van der Waals surface area contributed by atoms with Crippen LogP contribution in [0.2, 0.25) is 0 Å². The maximum Gasteiger partial charge on any atom is 0.310 e. The fourth-order valence-corrected chi connectivity index (χ4v) is 2.42. The van der Waals surface area contributed by atoms with Crippen LogP contribution in [-0.4, -0.2) is 25.7 Å². The number of ether oxygens (including phenoxy) is 1. The molecule has 3 atom stereocenters. The molecule has 1 rings (SSSR count). The summed E-state index contributed by atoms with van der Waals surface area (Å²) in [4.78, 5) is 11.8. The summed E-state index contributed by atoms with van der Waals surface area (Å²) >= 11 is 0. The highest BCUT2D eigenvalue weighted by Gasteiger charge is 2.46. The summed E-state index contributed by atoms with van der Waals surface area (Å²) in [6, 6.07) is 0. The van der Waals surface area contributed by atoms with Gasteiger partial charge < -0.3 is 10.1 Å². The van der Waals surface area contributed by atoms with Gasteiger partial charge in [-0.15, -0.1) is 0 Å². The van der Waals surface area contributed by atoms with Crippen LogP contribution in [0.1, 0.15) is 34.1 Å². The molecule has 1 aliphatic heterocycles. The summed E-state index contributed by atoms with van der Waals surface area (Å²) in [5.41, 5.74) is 0.0566. The van der Waals surface area contributed by atoms with E-state index in [0.29, 0.717) is 12.5 Å². The number of rotatable bonds is 4. The summed E-state index contributed by atoms with van der Waals surface area (Å²) in [5.74, 6) is 0.527. The predicted molar refractivity (Wildman–Crippen MR) is 60.6 cm³/mol. The minimum Gasteiger partial charge on any atom is -0.466 e. The van der Waals surface area contributed by atoms with Gasteiger partial charge in [0.1, 0.15) is 0 Å². The Balaban J connectivity index is 2.75. The number of nitrogens with one attached hydrogen (secondary N) is 1. The zero-order valence-corrected chi connectivity index (χ0v) is 10.3. The molecule has 0 radical (unpaired) electrons. The fraction of sp³-hybridized carbons (Fsp3) is 0.917. The number of carbonyl (C=O) groups is 1. The van der Waals surface area contributed by atoms with Crippen molar-refractivity contribution in [2.75, 3.05) is 19.7 Å². The molecule has 0 spiro atoms. The second-order valence-electron chi connectivity index (χ2n) is 4.75. The van der Waals surface area contributed by atoms with Crippen LogP contribution in [0.4, 0.5) is 0 Å². The molecule has 0 saturated carbocycles. The minimum atomic E-state index is -0.0368. The van der Waals surface area contributed by atoms with E-state index in [9.17, 15) is 4.79 Å². The van der Waals surface area contributed by atoms with Crippen molar-refractivity contribution >= 4 is 5.97 Å². The Morgan fingerprint density at radius 3 is 2.80 bits per heavy atom. The summed E-state index contributed by atoms with van der Waals surface area (Å²) in [6.45, 7) is 10.6. The molecule has 15 heavy (non-hydrogen) atoms. The van der Waals surface area contributed by atoms with Crippen LogP contribution < -0.4 is 5.32 Å². The van der Waals surface area contributed by atoms with E-state index in [1.807, 2.05) is 6.92 Å². The van der Waals surface area contributed by atoms with Gasteiger partial charge in [-0.25, -0.2) is 0 Å². The Morgan fingerprint density at radius 1 is 1.60 bits per heavy atom. The Labute approximate surface area is 92.6 Å². The molecule has 1 saturated heterocycles. The van der Waals surface area contributed by atoms with Gasteiger partial charge in [0.25, 0.3) is 0 Å². The van der Waals surface area contributed by atoms with E-state index < -0.39 is 0 Å². The Bertz CT molecular complexity index is 230. The molecule has 3 heteroatoms. The molecule has 1 N–H and O–H groups in total. The van der Waals surface area contributed by atoms with Crippen molar-refractivity contribution in [3.63, 3.8) is 0 Å². The van der Waals surface area contributed by atoms with E-state index in [1.54, 1.807) is 0 Å². The van der Waals surface area contributed by atoms with E-state index in [4.69, 9.17) is 4.74 Å². The van der Waals surface area contributed by atoms with Crippen LogP contribution in [0.5, 0.6) is 0 Å². The molecule has 1 aliphatic rings. The summed E-state index contributed by atoms with van der Waals surface area (Å²) in [6.07, 6.45) is 1.11. The summed E-state index contributed by atoms with van der Waals surface area (Å²) in [7, 11) is 0. The quantitative estimate of drug-likeness (QED) is 0.724. The van der Waals surface area contributed by atoms with E-state index in [-0.39, 0.29) is 17.3 Å². The Kier molecular flexibility index (Phi) is 4.14. The van der Waals surface area contributed by atoms with Crippen molar-refractivity contribution < 1.29 is 9.53 Å². The molecular formula is C12H23NO2. The number of carbonyl (C=O) groups excluding carboxylic acids is 1. The lowest BCUT2D eigenvalue weighted by molar-refractivity contribution is -0.151. The molecule has 1 fully saturated rings. The van der Waals surface area contributed by atoms with Crippen molar-refractivity contribution in [2.24, 2.45) is 17.3 Å². The first-order valence-electron chi connectivity index (χ1n) is 5.93. The largest absolute Gasteiger partial charge is 0.466 e. The molecule has 3 nitrogen and oxygen atoms in total. The first-order valence-corrected chi connectivity index (χ1v) is 5.93. The van der Waals surface area contributed by atoms with Crippen molar-refractivity contribution in [1.82, 2.24) is 5.32 Å². The third-order valence-corrected chi connectivity index (χ3v) is 3.96. The molecule has 3 unspecified atom stereocenters. The zero-order valence-electron chi connectivity index (χ0n) is 10.3. The molecule has 88 valence electrons. The normalized spacial score (nSPS) is 32.7. The van der Waals surface area contributed by atoms with E-state index in [1.165, 1.54) is 0 Å². The second-order valence-corrected chi connectivity index (χ2v) is 4.75. The highest BCUT2D eigenvalue weighted by atomic mass is 16.5. The molecule has 0 amide bonds. The molecule has 0 aliphatic carbocycles. The third-order valence-electron chi connectivity index (χ3n) is 3.96. The highest BCUT2D eigenvalue weighted by Crippen LogP contribution is 2.40. The maximum atomic E-state index is 11.8. The first-order chi connectivity index (χ1) is 7.06. The van der Waals surface area contributed by atoms with Gasteiger partial charge in [-0.05, 0) is 18.3 Å². The number of esters is 1. The predicted octanol–water partition coefficient (Wildman–Crippen LogP) is 1.82. The Hall–Kier alpha value is -0.570. The topological polar surface area (TPSA) is 38.3 Å². The van der Waals surface area contributed by atoms with Crippen LogP contribution in [0.25, 0.3) is 0 Å². The SMILES string of the molecule is CCOC(=O)C1CNCC1(C)C(C)CC. The van der Waals surface area contributed by atoms with Gasteiger partial charge in [-0.3, -0.25) is 4.79 Å². The molecule has 0 aromatic rings. The lowest BCUT2D eigenvalue weighted by Gasteiger charge is -2.34.